The van der Waals surface area contributed by atoms with E-state index in [0.717, 1.165) is 11.1 Å². The third-order valence-corrected chi connectivity index (χ3v) is 2.92. The zero-order chi connectivity index (χ0) is 14.9. The molecule has 0 bridgehead atoms. The summed E-state index contributed by atoms with van der Waals surface area (Å²) in [6.45, 7) is 8.33. The van der Waals surface area contributed by atoms with E-state index in [-0.39, 0.29) is 22.7 Å². The lowest BCUT2D eigenvalue weighted by atomic mass is 9.86. The van der Waals surface area contributed by atoms with E-state index in [0.29, 0.717) is 5.75 Å². The van der Waals surface area contributed by atoms with Crippen LogP contribution in [0.4, 0.5) is 5.95 Å². The molecule has 0 amide bonds. The van der Waals surface area contributed by atoms with Crippen molar-refractivity contribution in [3.05, 3.63) is 34.6 Å². The van der Waals surface area contributed by atoms with Gasteiger partial charge in [0.2, 0.25) is 11.2 Å². The summed E-state index contributed by atoms with van der Waals surface area (Å²) in [5.74, 6) is 0.726. The van der Waals surface area contributed by atoms with Crippen LogP contribution in [0.1, 0.15) is 31.9 Å². The van der Waals surface area contributed by atoms with Crippen molar-refractivity contribution in [3.63, 3.8) is 0 Å². The summed E-state index contributed by atoms with van der Waals surface area (Å²) in [7, 11) is 0. The number of aromatic nitrogens is 3. The molecule has 0 aliphatic heterocycles. The van der Waals surface area contributed by atoms with E-state index in [2.05, 4.69) is 35.7 Å². The van der Waals surface area contributed by atoms with Crippen molar-refractivity contribution in [1.29, 1.82) is 0 Å². The van der Waals surface area contributed by atoms with Crippen molar-refractivity contribution in [3.8, 4) is 11.8 Å². The number of hydrogen-bond donors (Lipinski definition) is 1. The average molecular weight is 293 g/mol. The fourth-order valence-electron chi connectivity index (χ4n) is 1.82. The Morgan fingerprint density at radius 3 is 2.45 bits per heavy atom. The van der Waals surface area contributed by atoms with Crippen LogP contribution < -0.4 is 10.5 Å². The summed E-state index contributed by atoms with van der Waals surface area (Å²) in [6, 6.07) is 6.12. The van der Waals surface area contributed by atoms with Gasteiger partial charge in [-0.15, -0.1) is 0 Å². The van der Waals surface area contributed by atoms with Crippen molar-refractivity contribution < 1.29 is 4.74 Å². The molecule has 0 aliphatic rings. The number of aryl methyl sites for hydroxylation is 1. The standard InChI is InChI=1S/C14H17ClN4O/c1-8-5-6-9(14(2,3)4)10(7-8)20-13-18-11(15)17-12(16)19-13/h5-7H,1-4H3,(H2,16,17,18,19). The second-order valence-electron chi connectivity index (χ2n) is 5.60. The highest BCUT2D eigenvalue weighted by Gasteiger charge is 2.20. The van der Waals surface area contributed by atoms with E-state index in [9.17, 15) is 0 Å². The lowest BCUT2D eigenvalue weighted by Crippen LogP contribution is -2.13. The molecule has 1 heterocycles. The van der Waals surface area contributed by atoms with Gasteiger partial charge in [-0.1, -0.05) is 32.9 Å². The molecule has 20 heavy (non-hydrogen) atoms. The van der Waals surface area contributed by atoms with Crippen molar-refractivity contribution in [1.82, 2.24) is 15.0 Å². The highest BCUT2D eigenvalue weighted by atomic mass is 35.5. The highest BCUT2D eigenvalue weighted by molar-refractivity contribution is 6.28. The number of benzene rings is 1. The molecule has 0 unspecified atom stereocenters. The number of rotatable bonds is 2. The first kappa shape index (κ1) is 14.5. The van der Waals surface area contributed by atoms with Gasteiger partial charge in [-0.2, -0.15) is 15.0 Å². The van der Waals surface area contributed by atoms with E-state index in [1.165, 1.54) is 0 Å². The van der Waals surface area contributed by atoms with Crippen LogP contribution >= 0.6 is 11.6 Å². The molecular formula is C14H17ClN4O. The molecule has 0 spiro atoms. The van der Waals surface area contributed by atoms with Gasteiger partial charge in [0.25, 0.3) is 0 Å². The predicted octanol–water partition coefficient (Wildman–Crippen LogP) is 3.51. The zero-order valence-electron chi connectivity index (χ0n) is 11.9. The quantitative estimate of drug-likeness (QED) is 0.917. The van der Waals surface area contributed by atoms with Crippen LogP contribution in [0.5, 0.6) is 11.8 Å². The number of halogens is 1. The first-order valence-electron chi connectivity index (χ1n) is 6.22. The van der Waals surface area contributed by atoms with Crippen LogP contribution in [-0.4, -0.2) is 15.0 Å². The number of nitrogen functional groups attached to an aromatic ring is 1. The van der Waals surface area contributed by atoms with Gasteiger partial charge in [-0.05, 0) is 35.6 Å². The van der Waals surface area contributed by atoms with Gasteiger partial charge in [-0.3, -0.25) is 0 Å². The molecule has 2 rings (SSSR count). The lowest BCUT2D eigenvalue weighted by Gasteiger charge is -2.22. The van der Waals surface area contributed by atoms with Crippen LogP contribution in [0.25, 0.3) is 0 Å². The topological polar surface area (TPSA) is 73.9 Å². The second kappa shape index (κ2) is 5.25. The van der Waals surface area contributed by atoms with Crippen molar-refractivity contribution in [2.24, 2.45) is 0 Å². The molecule has 2 aromatic rings. The Hall–Kier alpha value is -1.88. The number of anilines is 1. The summed E-state index contributed by atoms with van der Waals surface area (Å²) >= 11 is 5.76. The fourth-order valence-corrected chi connectivity index (χ4v) is 1.98. The van der Waals surface area contributed by atoms with Crippen molar-refractivity contribution in [2.75, 3.05) is 5.73 Å². The summed E-state index contributed by atoms with van der Waals surface area (Å²) < 4.78 is 5.75. The molecular weight excluding hydrogens is 276 g/mol. The molecule has 1 aromatic heterocycles. The van der Waals surface area contributed by atoms with E-state index in [1.807, 2.05) is 25.1 Å². The van der Waals surface area contributed by atoms with Gasteiger partial charge in [0.05, 0.1) is 0 Å². The fraction of sp³-hybridized carbons (Fsp3) is 0.357. The molecule has 0 atom stereocenters. The molecule has 5 nitrogen and oxygen atoms in total. The van der Waals surface area contributed by atoms with Gasteiger partial charge in [0.1, 0.15) is 5.75 Å². The Kier molecular flexibility index (Phi) is 3.81. The number of hydrogen-bond acceptors (Lipinski definition) is 5. The Bertz CT molecular complexity index is 617. The van der Waals surface area contributed by atoms with Crippen molar-refractivity contribution in [2.45, 2.75) is 33.1 Å². The van der Waals surface area contributed by atoms with Gasteiger partial charge in [0, 0.05) is 5.56 Å². The van der Waals surface area contributed by atoms with E-state index in [4.69, 9.17) is 22.1 Å². The Labute approximate surface area is 123 Å². The molecule has 2 N–H and O–H groups in total. The molecule has 0 fully saturated rings. The molecule has 106 valence electrons. The van der Waals surface area contributed by atoms with Gasteiger partial charge in [0.15, 0.2) is 0 Å². The van der Waals surface area contributed by atoms with Crippen LogP contribution in [0.15, 0.2) is 18.2 Å². The zero-order valence-corrected chi connectivity index (χ0v) is 12.7. The number of nitrogens with two attached hydrogens (primary N) is 1. The first-order valence-corrected chi connectivity index (χ1v) is 6.59. The van der Waals surface area contributed by atoms with Crippen LogP contribution in [0.3, 0.4) is 0 Å². The summed E-state index contributed by atoms with van der Waals surface area (Å²) in [5.41, 5.74) is 7.61. The summed E-state index contributed by atoms with van der Waals surface area (Å²) in [5, 5.41) is 0.0115. The van der Waals surface area contributed by atoms with Gasteiger partial charge < -0.3 is 10.5 Å². The largest absolute Gasteiger partial charge is 0.424 e. The maximum atomic E-state index is 5.76. The van der Waals surface area contributed by atoms with E-state index >= 15 is 0 Å². The molecule has 1 aromatic carbocycles. The van der Waals surface area contributed by atoms with E-state index in [1.54, 1.807) is 0 Å². The van der Waals surface area contributed by atoms with Crippen LogP contribution in [0, 0.1) is 6.92 Å². The minimum atomic E-state index is -0.0641. The summed E-state index contributed by atoms with van der Waals surface area (Å²) in [4.78, 5) is 11.6. The van der Waals surface area contributed by atoms with E-state index < -0.39 is 0 Å². The van der Waals surface area contributed by atoms with Crippen LogP contribution in [0.2, 0.25) is 5.28 Å². The highest BCUT2D eigenvalue weighted by Crippen LogP contribution is 2.34. The third kappa shape index (κ3) is 3.36. The molecule has 6 heteroatoms. The number of nitrogens with zero attached hydrogens (tertiary/aromatic N) is 3. The predicted molar refractivity (Wildman–Crippen MR) is 79.2 cm³/mol. The Balaban J connectivity index is 2.44. The molecule has 0 saturated heterocycles. The lowest BCUT2D eigenvalue weighted by molar-refractivity contribution is 0.421. The van der Waals surface area contributed by atoms with Gasteiger partial charge in [-0.25, -0.2) is 0 Å². The third-order valence-electron chi connectivity index (χ3n) is 2.75. The smallest absolute Gasteiger partial charge is 0.328 e. The minimum absolute atomic E-state index is 0.0115. The minimum Gasteiger partial charge on any atom is -0.424 e. The molecule has 0 aliphatic carbocycles. The maximum absolute atomic E-state index is 5.76. The Morgan fingerprint density at radius 1 is 1.15 bits per heavy atom. The van der Waals surface area contributed by atoms with Gasteiger partial charge >= 0.3 is 6.01 Å². The molecule has 0 saturated carbocycles. The van der Waals surface area contributed by atoms with Crippen molar-refractivity contribution >= 4 is 17.5 Å². The summed E-state index contributed by atoms with van der Waals surface area (Å²) in [6.07, 6.45) is 0. The SMILES string of the molecule is Cc1ccc(C(C)(C)C)c(Oc2nc(N)nc(Cl)n2)c1. The number of ether oxygens (including phenoxy) is 1. The van der Waals surface area contributed by atoms with Crippen LogP contribution in [-0.2, 0) is 5.41 Å². The first-order chi connectivity index (χ1) is 9.25. The normalized spacial score (nSPS) is 11.4. The Morgan fingerprint density at radius 2 is 1.85 bits per heavy atom. The monoisotopic (exact) mass is 292 g/mol. The molecule has 0 radical (unpaired) electrons. The average Bonchev–Trinajstić information content (AvgIpc) is 2.25. The maximum Gasteiger partial charge on any atom is 0.328 e. The second-order valence-corrected chi connectivity index (χ2v) is 5.93.